The van der Waals surface area contributed by atoms with Crippen molar-refractivity contribution >= 4 is 29.7 Å². The molecule has 5 aliphatic rings. The van der Waals surface area contributed by atoms with E-state index in [1.807, 2.05) is 13.8 Å². The summed E-state index contributed by atoms with van der Waals surface area (Å²) in [5.41, 5.74) is -3.41. The molecule has 1 spiro atoms. The van der Waals surface area contributed by atoms with Crippen LogP contribution in [-0.4, -0.2) is 72.1 Å². The van der Waals surface area contributed by atoms with Crippen LogP contribution in [-0.2, 0) is 47.7 Å². The highest BCUT2D eigenvalue weighted by molar-refractivity contribution is 5.96. The van der Waals surface area contributed by atoms with Gasteiger partial charge in [0.25, 0.3) is 0 Å². The third-order valence-electron chi connectivity index (χ3n) is 10.7. The fourth-order valence-electron chi connectivity index (χ4n) is 8.75. The zero-order chi connectivity index (χ0) is 31.2. The Hall–Kier alpha value is -3.31. The van der Waals surface area contributed by atoms with E-state index in [2.05, 4.69) is 6.58 Å². The molecule has 11 nitrogen and oxygen atoms in total. The van der Waals surface area contributed by atoms with Crippen molar-refractivity contribution < 1.29 is 52.8 Å². The van der Waals surface area contributed by atoms with Crippen molar-refractivity contribution in [2.24, 2.45) is 34.0 Å². The van der Waals surface area contributed by atoms with Crippen molar-refractivity contribution in [2.75, 3.05) is 7.11 Å². The fraction of sp³-hybridized carbons (Fsp3) is 0.645. The Morgan fingerprint density at radius 2 is 1.74 bits per heavy atom. The highest BCUT2D eigenvalue weighted by Crippen LogP contribution is 2.76. The lowest BCUT2D eigenvalue weighted by atomic mass is 9.46. The lowest BCUT2D eigenvalue weighted by molar-refractivity contribution is -0.210. The maximum atomic E-state index is 13.2. The molecule has 0 amide bonds. The number of esters is 4. The molecule has 2 saturated carbocycles. The van der Waals surface area contributed by atoms with E-state index >= 15 is 0 Å². The Bertz CT molecular complexity index is 1340. The predicted octanol–water partition coefficient (Wildman–Crippen LogP) is 2.35. The number of carbonyl (C=O) groups is 5. The van der Waals surface area contributed by atoms with E-state index in [1.54, 1.807) is 19.9 Å². The summed E-state index contributed by atoms with van der Waals surface area (Å²) in [5.74, 6) is -4.62. The summed E-state index contributed by atoms with van der Waals surface area (Å²) in [4.78, 5) is 63.4. The standard InChI is InChI=1S/C31H38O11/c1-14-24(29(6)10-9-20(34)28(4,5)19(29)13-22(35)38-8)25(39-15(2)32)26(40-16(3)33)30(7)18(12-21-31(14,30)42-21)17-11-23(36)41-27(17)37/h9-11,18-19,21,24-27,37H,1,12-13H2,2-8H3/t18-,19-,21+,24?,25-,26-,27?,29-,30+,31?/m0/s1. The molecule has 1 saturated heterocycles. The maximum Gasteiger partial charge on any atom is 0.333 e. The van der Waals surface area contributed by atoms with Crippen molar-refractivity contribution in [3.05, 3.63) is 36.0 Å². The van der Waals surface area contributed by atoms with Gasteiger partial charge in [0, 0.05) is 48.2 Å². The van der Waals surface area contributed by atoms with Crippen LogP contribution in [0.2, 0.25) is 0 Å². The topological polar surface area (TPSA) is 155 Å². The molecule has 228 valence electrons. The number of hydrogen-bond acceptors (Lipinski definition) is 11. The first kappa shape index (κ1) is 30.2. The van der Waals surface area contributed by atoms with Gasteiger partial charge in [-0.3, -0.25) is 19.2 Å². The van der Waals surface area contributed by atoms with Crippen molar-refractivity contribution in [3.63, 3.8) is 0 Å². The summed E-state index contributed by atoms with van der Waals surface area (Å²) in [6.07, 6.45) is 0.538. The number of methoxy groups -OCH3 is 1. The molecule has 3 aliphatic carbocycles. The van der Waals surface area contributed by atoms with Crippen molar-refractivity contribution in [1.82, 2.24) is 0 Å². The van der Waals surface area contributed by atoms with E-state index in [9.17, 15) is 29.1 Å². The van der Waals surface area contributed by atoms with Gasteiger partial charge in [-0.2, -0.15) is 0 Å². The molecular formula is C31H38O11. The highest BCUT2D eigenvalue weighted by atomic mass is 16.6. The van der Waals surface area contributed by atoms with Crippen LogP contribution in [0.5, 0.6) is 0 Å². The van der Waals surface area contributed by atoms with Gasteiger partial charge < -0.3 is 28.8 Å². The highest BCUT2D eigenvalue weighted by Gasteiger charge is 2.84. The van der Waals surface area contributed by atoms with Gasteiger partial charge in [-0.05, 0) is 24.0 Å². The first-order valence-electron chi connectivity index (χ1n) is 14.1. The van der Waals surface area contributed by atoms with Crippen LogP contribution in [0.3, 0.4) is 0 Å². The average Bonchev–Trinajstić information content (AvgIpc) is 3.44. The smallest absolute Gasteiger partial charge is 0.333 e. The van der Waals surface area contributed by atoms with E-state index in [1.165, 1.54) is 33.1 Å². The van der Waals surface area contributed by atoms with Crippen LogP contribution in [0.4, 0.5) is 0 Å². The van der Waals surface area contributed by atoms with Crippen LogP contribution in [0.15, 0.2) is 36.0 Å². The first-order valence-corrected chi connectivity index (χ1v) is 14.1. The van der Waals surface area contributed by atoms with E-state index in [0.717, 1.165) is 0 Å². The average molecular weight is 587 g/mol. The zero-order valence-corrected chi connectivity index (χ0v) is 24.9. The molecule has 1 N–H and O–H groups in total. The lowest BCUT2D eigenvalue weighted by Crippen LogP contribution is -2.67. The van der Waals surface area contributed by atoms with Gasteiger partial charge in [0.2, 0.25) is 6.29 Å². The van der Waals surface area contributed by atoms with Crippen molar-refractivity contribution in [2.45, 2.75) is 84.6 Å². The molecule has 2 aliphatic heterocycles. The summed E-state index contributed by atoms with van der Waals surface area (Å²) in [6, 6.07) is 0. The summed E-state index contributed by atoms with van der Waals surface area (Å²) >= 11 is 0. The largest absolute Gasteiger partial charge is 0.469 e. The SMILES string of the molecule is C=C1C([C@@]2(C)C=CC(=O)C(C)(C)[C@@H]2CC(=O)OC)[C@H](OC(C)=O)[C@H](OC(C)=O)[C@@]2(C)[C@H](C3=CC(=O)OC3O)C[C@H]3OC132. The minimum absolute atomic E-state index is 0.111. The first-order chi connectivity index (χ1) is 19.5. The van der Waals surface area contributed by atoms with E-state index < -0.39 is 88.1 Å². The van der Waals surface area contributed by atoms with Crippen molar-refractivity contribution in [1.29, 1.82) is 0 Å². The number of ether oxygens (including phenoxy) is 5. The predicted molar refractivity (Wildman–Crippen MR) is 144 cm³/mol. The third kappa shape index (κ3) is 3.96. The van der Waals surface area contributed by atoms with Gasteiger partial charge >= 0.3 is 23.9 Å². The van der Waals surface area contributed by atoms with Crippen LogP contribution in [0.25, 0.3) is 0 Å². The Morgan fingerprint density at radius 1 is 1.10 bits per heavy atom. The number of allylic oxidation sites excluding steroid dienone is 2. The van der Waals surface area contributed by atoms with E-state index in [0.29, 0.717) is 17.6 Å². The molecule has 0 aromatic carbocycles. The quantitative estimate of drug-likeness (QED) is 0.211. The van der Waals surface area contributed by atoms with Crippen LogP contribution in [0.1, 0.15) is 54.4 Å². The molecule has 0 aromatic rings. The van der Waals surface area contributed by atoms with E-state index in [4.69, 9.17) is 23.7 Å². The van der Waals surface area contributed by atoms with Gasteiger partial charge in [-0.15, -0.1) is 0 Å². The fourth-order valence-corrected chi connectivity index (χ4v) is 8.75. The number of rotatable bonds is 6. The molecule has 0 radical (unpaired) electrons. The molecule has 5 rings (SSSR count). The van der Waals surface area contributed by atoms with Crippen molar-refractivity contribution in [3.8, 4) is 0 Å². The molecule has 0 bridgehead atoms. The Morgan fingerprint density at radius 3 is 2.29 bits per heavy atom. The van der Waals surface area contributed by atoms with Gasteiger partial charge in [-0.25, -0.2) is 4.79 Å². The molecular weight excluding hydrogens is 548 g/mol. The summed E-state index contributed by atoms with van der Waals surface area (Å²) in [7, 11) is 1.28. The van der Waals surface area contributed by atoms with Crippen LogP contribution in [0, 0.1) is 34.0 Å². The number of cyclic esters (lactones) is 1. The Kier molecular flexibility index (Phi) is 6.89. The number of aliphatic hydroxyl groups is 1. The summed E-state index contributed by atoms with van der Waals surface area (Å²) < 4.78 is 28.5. The summed E-state index contributed by atoms with van der Waals surface area (Å²) in [6.45, 7) is 14.2. The lowest BCUT2D eigenvalue weighted by Gasteiger charge is -2.59. The minimum atomic E-state index is -1.49. The summed E-state index contributed by atoms with van der Waals surface area (Å²) in [5, 5.41) is 10.6. The minimum Gasteiger partial charge on any atom is -0.469 e. The number of hydrogen-bond donors (Lipinski definition) is 1. The number of epoxide rings is 1. The van der Waals surface area contributed by atoms with E-state index in [-0.39, 0.29) is 12.2 Å². The molecule has 0 aromatic heterocycles. The second kappa shape index (κ2) is 9.60. The number of carbonyl (C=O) groups excluding carboxylic acids is 5. The molecule has 10 atom stereocenters. The Balaban J connectivity index is 1.73. The van der Waals surface area contributed by atoms with Gasteiger partial charge in [0.15, 0.2) is 5.78 Å². The molecule has 3 unspecified atom stereocenters. The number of ketones is 1. The van der Waals surface area contributed by atoms with Gasteiger partial charge in [0.1, 0.15) is 17.8 Å². The van der Waals surface area contributed by atoms with Crippen LogP contribution >= 0.6 is 0 Å². The monoisotopic (exact) mass is 586 g/mol. The van der Waals surface area contributed by atoms with Gasteiger partial charge in [-0.1, -0.05) is 40.3 Å². The second-order valence-corrected chi connectivity index (χ2v) is 13.1. The molecule has 11 heteroatoms. The third-order valence-corrected chi connectivity index (χ3v) is 10.7. The maximum absolute atomic E-state index is 13.2. The van der Waals surface area contributed by atoms with Gasteiger partial charge in [0.05, 0.1) is 25.0 Å². The zero-order valence-electron chi connectivity index (χ0n) is 24.9. The second-order valence-electron chi connectivity index (χ2n) is 13.1. The Labute approximate surface area is 244 Å². The molecule has 3 fully saturated rings. The number of aliphatic hydroxyl groups excluding tert-OH is 1. The normalized spacial score (nSPS) is 43.1. The molecule has 42 heavy (non-hydrogen) atoms. The molecule has 2 heterocycles. The van der Waals surface area contributed by atoms with Crippen LogP contribution < -0.4 is 0 Å².